The molecule has 0 atom stereocenters. The van der Waals surface area contributed by atoms with Gasteiger partial charge >= 0.3 is 0 Å². The third-order valence-electron chi connectivity index (χ3n) is 3.63. The summed E-state index contributed by atoms with van der Waals surface area (Å²) in [5.41, 5.74) is 1.37. The molecule has 0 fully saturated rings. The zero-order valence-electron chi connectivity index (χ0n) is 14.6. The monoisotopic (exact) mass is 386 g/mol. The highest BCUT2D eigenvalue weighted by Gasteiger charge is 2.10. The van der Waals surface area contributed by atoms with Crippen molar-refractivity contribution in [1.82, 2.24) is 4.57 Å². The van der Waals surface area contributed by atoms with E-state index in [0.717, 1.165) is 15.1 Å². The van der Waals surface area contributed by atoms with E-state index in [-0.39, 0.29) is 11.7 Å². The first kappa shape index (κ1) is 18.6. The molecule has 3 aromatic rings. The molecule has 0 N–H and O–H groups in total. The number of hydrogen-bond donors (Lipinski definition) is 0. The lowest BCUT2D eigenvalue weighted by molar-refractivity contribution is 0.0998. The summed E-state index contributed by atoms with van der Waals surface area (Å²) >= 11 is 3.04. The molecule has 1 aromatic heterocycles. The summed E-state index contributed by atoms with van der Waals surface area (Å²) in [7, 11) is 0. The third kappa shape index (κ3) is 4.14. The first-order chi connectivity index (χ1) is 12.5. The van der Waals surface area contributed by atoms with Crippen LogP contribution in [0.5, 0.6) is 0 Å². The smallest absolute Gasteiger partial charge is 0.279 e. The number of carbonyl (C=O) groups is 1. The second-order valence-corrected chi connectivity index (χ2v) is 8.66. The first-order valence-corrected chi connectivity index (χ1v) is 9.93. The molecule has 26 heavy (non-hydrogen) atoms. The molecular weight excluding hydrogens is 367 g/mol. The standard InChI is InChI=1S/C20H19FN2OS2/c1-4-11-23-17-10-7-15(21)12-18(17)26-20(23)22-19(24)14-5-8-16(9-6-14)25-13(2)3/h4-10,12-13H,1,11H2,2-3H3. The van der Waals surface area contributed by atoms with Crippen LogP contribution < -0.4 is 4.80 Å². The maximum atomic E-state index is 13.5. The molecule has 0 unspecified atom stereocenters. The Bertz CT molecular complexity index is 1020. The van der Waals surface area contributed by atoms with Gasteiger partial charge in [-0.25, -0.2) is 4.39 Å². The number of rotatable bonds is 5. The molecule has 0 aliphatic carbocycles. The fraction of sp³-hybridized carbons (Fsp3) is 0.200. The van der Waals surface area contributed by atoms with Gasteiger partial charge in [0.15, 0.2) is 4.80 Å². The molecule has 3 nitrogen and oxygen atoms in total. The van der Waals surface area contributed by atoms with Crippen LogP contribution in [0.3, 0.4) is 0 Å². The molecule has 0 aliphatic heterocycles. The quantitative estimate of drug-likeness (QED) is 0.442. The number of benzene rings is 2. The van der Waals surface area contributed by atoms with Gasteiger partial charge in [-0.1, -0.05) is 31.3 Å². The lowest BCUT2D eigenvalue weighted by Gasteiger charge is -2.04. The third-order valence-corrected chi connectivity index (χ3v) is 5.68. The van der Waals surface area contributed by atoms with Crippen LogP contribution in [0, 0.1) is 5.82 Å². The molecule has 0 bridgehead atoms. The van der Waals surface area contributed by atoms with Gasteiger partial charge in [0, 0.05) is 22.3 Å². The van der Waals surface area contributed by atoms with Gasteiger partial charge in [-0.2, -0.15) is 4.99 Å². The van der Waals surface area contributed by atoms with Crippen molar-refractivity contribution < 1.29 is 9.18 Å². The van der Waals surface area contributed by atoms with E-state index in [1.54, 1.807) is 36.0 Å². The van der Waals surface area contributed by atoms with E-state index in [1.807, 2.05) is 16.7 Å². The number of thiazole rings is 1. The van der Waals surface area contributed by atoms with Gasteiger partial charge in [0.05, 0.1) is 10.2 Å². The molecule has 6 heteroatoms. The highest BCUT2D eigenvalue weighted by molar-refractivity contribution is 7.99. The van der Waals surface area contributed by atoms with Gasteiger partial charge in [-0.05, 0) is 42.5 Å². The van der Waals surface area contributed by atoms with Crippen LogP contribution in [0.4, 0.5) is 4.39 Å². The molecule has 3 rings (SSSR count). The SMILES string of the molecule is C=CCn1c(=NC(=O)c2ccc(SC(C)C)cc2)sc2cc(F)ccc21. The van der Waals surface area contributed by atoms with Crippen molar-refractivity contribution in [1.29, 1.82) is 0 Å². The highest BCUT2D eigenvalue weighted by atomic mass is 32.2. The molecule has 0 saturated carbocycles. The van der Waals surface area contributed by atoms with Gasteiger partial charge in [-0.3, -0.25) is 4.79 Å². The minimum absolute atomic E-state index is 0.305. The van der Waals surface area contributed by atoms with Crippen molar-refractivity contribution in [2.24, 2.45) is 4.99 Å². The van der Waals surface area contributed by atoms with E-state index in [0.29, 0.717) is 22.2 Å². The predicted octanol–water partition coefficient (Wildman–Crippen LogP) is 5.27. The first-order valence-electron chi connectivity index (χ1n) is 8.23. The van der Waals surface area contributed by atoms with Crippen molar-refractivity contribution in [3.8, 4) is 0 Å². The normalized spacial score (nSPS) is 12.1. The maximum absolute atomic E-state index is 13.5. The van der Waals surface area contributed by atoms with Gasteiger partial charge in [0.2, 0.25) is 0 Å². The number of hydrogen-bond acceptors (Lipinski definition) is 3. The minimum Gasteiger partial charge on any atom is -0.312 e. The summed E-state index contributed by atoms with van der Waals surface area (Å²) in [5.74, 6) is -0.614. The molecule has 134 valence electrons. The number of aromatic nitrogens is 1. The van der Waals surface area contributed by atoms with Crippen molar-refractivity contribution in [3.05, 3.63) is 71.3 Å². The minimum atomic E-state index is -0.309. The summed E-state index contributed by atoms with van der Waals surface area (Å²) in [5, 5.41) is 0.484. The predicted molar refractivity (Wildman–Crippen MR) is 107 cm³/mol. The van der Waals surface area contributed by atoms with Crippen LogP contribution in [-0.2, 0) is 6.54 Å². The highest BCUT2D eigenvalue weighted by Crippen LogP contribution is 2.23. The summed E-state index contributed by atoms with van der Waals surface area (Å²) in [4.78, 5) is 18.5. The molecule has 1 heterocycles. The van der Waals surface area contributed by atoms with Gasteiger partial charge in [0.25, 0.3) is 5.91 Å². The molecular formula is C20H19FN2OS2. The summed E-state index contributed by atoms with van der Waals surface area (Å²) in [6, 6.07) is 12.0. The lowest BCUT2D eigenvalue weighted by Crippen LogP contribution is -2.16. The Labute approximate surface area is 159 Å². The van der Waals surface area contributed by atoms with Crippen molar-refractivity contribution in [2.45, 2.75) is 30.5 Å². The zero-order chi connectivity index (χ0) is 18.7. The molecule has 0 aliphatic rings. The number of allylic oxidation sites excluding steroid dienone is 1. The average molecular weight is 387 g/mol. The second-order valence-electron chi connectivity index (χ2n) is 6.00. The van der Waals surface area contributed by atoms with Crippen LogP contribution in [0.2, 0.25) is 0 Å². The Hall–Kier alpha value is -2.18. The average Bonchev–Trinajstić information content (AvgIpc) is 2.91. The van der Waals surface area contributed by atoms with E-state index in [4.69, 9.17) is 0 Å². The number of halogens is 1. The Balaban J connectivity index is 1.99. The van der Waals surface area contributed by atoms with E-state index in [2.05, 4.69) is 25.4 Å². The molecule has 2 aromatic carbocycles. The van der Waals surface area contributed by atoms with Crippen molar-refractivity contribution >= 4 is 39.2 Å². The van der Waals surface area contributed by atoms with E-state index >= 15 is 0 Å². The van der Waals surface area contributed by atoms with E-state index in [1.165, 1.54) is 23.5 Å². The fourth-order valence-corrected chi connectivity index (χ4v) is 4.44. The largest absolute Gasteiger partial charge is 0.312 e. The number of nitrogens with zero attached hydrogens (tertiary/aromatic N) is 2. The second kappa shape index (κ2) is 8.01. The van der Waals surface area contributed by atoms with Crippen LogP contribution in [0.1, 0.15) is 24.2 Å². The van der Waals surface area contributed by atoms with Gasteiger partial charge < -0.3 is 4.57 Å². The van der Waals surface area contributed by atoms with Crippen LogP contribution in [0.25, 0.3) is 10.2 Å². The van der Waals surface area contributed by atoms with E-state index < -0.39 is 0 Å². The number of thioether (sulfide) groups is 1. The molecule has 0 saturated heterocycles. The van der Waals surface area contributed by atoms with Crippen molar-refractivity contribution in [2.75, 3.05) is 0 Å². The number of fused-ring (bicyclic) bond motifs is 1. The number of carbonyl (C=O) groups excluding carboxylic acids is 1. The van der Waals surface area contributed by atoms with Gasteiger partial charge in [-0.15, -0.1) is 18.3 Å². The van der Waals surface area contributed by atoms with Crippen LogP contribution in [-0.4, -0.2) is 15.7 Å². The summed E-state index contributed by atoms with van der Waals surface area (Å²) in [6.07, 6.45) is 1.73. The Kier molecular flexibility index (Phi) is 5.74. The Morgan fingerprint density at radius 3 is 2.69 bits per heavy atom. The van der Waals surface area contributed by atoms with E-state index in [9.17, 15) is 9.18 Å². The Morgan fingerprint density at radius 2 is 2.04 bits per heavy atom. The molecule has 0 radical (unpaired) electrons. The van der Waals surface area contributed by atoms with Crippen molar-refractivity contribution in [3.63, 3.8) is 0 Å². The summed E-state index contributed by atoms with van der Waals surface area (Å²) in [6.45, 7) is 8.51. The maximum Gasteiger partial charge on any atom is 0.279 e. The zero-order valence-corrected chi connectivity index (χ0v) is 16.2. The summed E-state index contributed by atoms with van der Waals surface area (Å²) < 4.78 is 16.1. The van der Waals surface area contributed by atoms with Crippen LogP contribution >= 0.6 is 23.1 Å². The lowest BCUT2D eigenvalue weighted by atomic mass is 10.2. The Morgan fingerprint density at radius 1 is 1.31 bits per heavy atom. The van der Waals surface area contributed by atoms with Crippen LogP contribution in [0.15, 0.2) is 65.0 Å². The topological polar surface area (TPSA) is 34.4 Å². The number of amides is 1. The fourth-order valence-electron chi connectivity index (χ4n) is 2.54. The van der Waals surface area contributed by atoms with Gasteiger partial charge in [0.1, 0.15) is 5.82 Å². The molecule has 1 amide bonds. The molecule has 0 spiro atoms.